The number of hydrogen-bond donors (Lipinski definition) is 1. The van der Waals surface area contributed by atoms with Crippen molar-refractivity contribution in [2.45, 2.75) is 6.04 Å². The summed E-state index contributed by atoms with van der Waals surface area (Å²) in [5, 5.41) is 0. The predicted molar refractivity (Wildman–Crippen MR) is 99.8 cm³/mol. The van der Waals surface area contributed by atoms with Crippen LogP contribution in [0.1, 0.15) is 0 Å². The second-order valence-corrected chi connectivity index (χ2v) is 6.01. The molecule has 150 valence electrons. The molecule has 3 rings (SSSR count). The van der Waals surface area contributed by atoms with Crippen molar-refractivity contribution < 1.29 is 28.5 Å². The number of ether oxygens (including phenoxy) is 4. The molecule has 1 aromatic carbocycles. The monoisotopic (exact) mass is 401 g/mol. The van der Waals surface area contributed by atoms with E-state index in [1.807, 2.05) is 0 Å². The van der Waals surface area contributed by atoms with Crippen LogP contribution < -0.4 is 20.1 Å². The third kappa shape index (κ3) is 5.15. The molecule has 1 fully saturated rings. The van der Waals surface area contributed by atoms with Crippen molar-refractivity contribution in [2.24, 2.45) is 5.73 Å². The second-order valence-electron chi connectivity index (χ2n) is 6.01. The average Bonchev–Trinajstić information content (AvgIpc) is 2.78. The molecule has 0 unspecified atom stereocenters. The van der Waals surface area contributed by atoms with Crippen LogP contribution in [0.4, 0.5) is 10.5 Å². The van der Waals surface area contributed by atoms with Gasteiger partial charge in [0, 0.05) is 26.2 Å². The number of hydrogen-bond acceptors (Lipinski definition) is 7. The Labute approximate surface area is 163 Å². The van der Waals surface area contributed by atoms with Crippen LogP contribution in [0.5, 0.6) is 11.5 Å². The first-order chi connectivity index (χ1) is 12.6. The van der Waals surface area contributed by atoms with Gasteiger partial charge in [-0.25, -0.2) is 4.79 Å². The van der Waals surface area contributed by atoms with Crippen molar-refractivity contribution in [1.29, 1.82) is 0 Å². The molecule has 0 radical (unpaired) electrons. The van der Waals surface area contributed by atoms with Gasteiger partial charge in [-0.05, 0) is 12.1 Å². The summed E-state index contributed by atoms with van der Waals surface area (Å²) >= 11 is 0. The number of carbonyl (C=O) groups is 2. The van der Waals surface area contributed by atoms with Crippen molar-refractivity contribution in [3.05, 3.63) is 18.2 Å². The molecule has 1 aromatic rings. The van der Waals surface area contributed by atoms with Crippen LogP contribution in [0, 0.1) is 0 Å². The number of amides is 2. The van der Waals surface area contributed by atoms with Gasteiger partial charge in [-0.2, -0.15) is 0 Å². The number of fused-ring (bicyclic) bond motifs is 1. The third-order valence-corrected chi connectivity index (χ3v) is 4.20. The molecule has 27 heavy (non-hydrogen) atoms. The Morgan fingerprint density at radius 3 is 2.78 bits per heavy atom. The van der Waals surface area contributed by atoms with Gasteiger partial charge in [0.2, 0.25) is 5.91 Å². The molecule has 2 N–H and O–H groups in total. The summed E-state index contributed by atoms with van der Waals surface area (Å²) in [4.78, 5) is 27.0. The average molecular weight is 402 g/mol. The second kappa shape index (κ2) is 9.63. The van der Waals surface area contributed by atoms with E-state index in [9.17, 15) is 9.59 Å². The number of nitrogens with zero attached hydrogens (tertiary/aromatic N) is 2. The quantitative estimate of drug-likeness (QED) is 0.738. The highest BCUT2D eigenvalue weighted by molar-refractivity contribution is 5.98. The van der Waals surface area contributed by atoms with Crippen molar-refractivity contribution in [2.75, 3.05) is 58.1 Å². The molecule has 10 heteroatoms. The minimum Gasteiger partial charge on any atom is -0.490 e. The number of likely N-dealkylation sites (N-methyl/N-ethyl adjacent to an activating group) is 1. The van der Waals surface area contributed by atoms with Crippen molar-refractivity contribution in [3.63, 3.8) is 0 Å². The van der Waals surface area contributed by atoms with E-state index in [0.717, 1.165) is 0 Å². The Bertz CT molecular complexity index is 668. The summed E-state index contributed by atoms with van der Waals surface area (Å²) in [6.45, 7) is 2.58. The summed E-state index contributed by atoms with van der Waals surface area (Å²) in [6.07, 6.45) is -0.369. The largest absolute Gasteiger partial charge is 0.490 e. The first kappa shape index (κ1) is 21.1. The molecular formula is C17H24ClN3O6. The molecule has 2 aliphatic heterocycles. The van der Waals surface area contributed by atoms with Gasteiger partial charge < -0.3 is 34.5 Å². The van der Waals surface area contributed by atoms with Gasteiger partial charge in [-0.1, -0.05) is 0 Å². The van der Waals surface area contributed by atoms with E-state index >= 15 is 0 Å². The van der Waals surface area contributed by atoms with Crippen molar-refractivity contribution >= 4 is 30.1 Å². The van der Waals surface area contributed by atoms with Gasteiger partial charge in [0.15, 0.2) is 0 Å². The fraction of sp³-hybridized carbons (Fsp3) is 0.529. The lowest BCUT2D eigenvalue weighted by molar-refractivity contribution is -0.119. The number of carbonyl (C=O) groups excluding carboxylic acids is 2. The maximum Gasteiger partial charge on any atom is 0.410 e. The molecule has 0 spiro atoms. The van der Waals surface area contributed by atoms with Gasteiger partial charge in [0.25, 0.3) is 0 Å². The van der Waals surface area contributed by atoms with E-state index in [4.69, 9.17) is 24.7 Å². The molecule has 0 bridgehead atoms. The topological polar surface area (TPSA) is 104 Å². The maximum absolute atomic E-state index is 12.1. The molecule has 0 aromatic heterocycles. The zero-order valence-electron chi connectivity index (χ0n) is 15.1. The van der Waals surface area contributed by atoms with Crippen molar-refractivity contribution in [3.8, 4) is 11.5 Å². The van der Waals surface area contributed by atoms with E-state index in [-0.39, 0.29) is 44.2 Å². The van der Waals surface area contributed by atoms with Crippen LogP contribution in [0.25, 0.3) is 0 Å². The Balaban J connectivity index is 0.00000261. The van der Waals surface area contributed by atoms with Gasteiger partial charge >= 0.3 is 6.09 Å². The lowest BCUT2D eigenvalue weighted by atomic mass is 10.2. The Morgan fingerprint density at radius 2 is 2.04 bits per heavy atom. The summed E-state index contributed by atoms with van der Waals surface area (Å²) in [6, 6.07) is 4.47. The summed E-state index contributed by atoms with van der Waals surface area (Å²) in [7, 11) is 1.64. The smallest absolute Gasteiger partial charge is 0.410 e. The molecular weight excluding hydrogens is 378 g/mol. The Kier molecular flexibility index (Phi) is 7.52. The number of nitrogens with two attached hydrogens (primary N) is 1. The van der Waals surface area contributed by atoms with Crippen LogP contribution >= 0.6 is 12.4 Å². The Hall–Kier alpha value is -2.23. The van der Waals surface area contributed by atoms with Gasteiger partial charge in [0.05, 0.1) is 18.9 Å². The molecule has 1 saturated heterocycles. The third-order valence-electron chi connectivity index (χ3n) is 4.20. The van der Waals surface area contributed by atoms with E-state index in [1.165, 1.54) is 4.90 Å². The molecule has 2 heterocycles. The van der Waals surface area contributed by atoms with Gasteiger partial charge in [-0.3, -0.25) is 4.79 Å². The van der Waals surface area contributed by atoms with E-state index in [1.54, 1.807) is 30.1 Å². The van der Waals surface area contributed by atoms with Gasteiger partial charge in [-0.15, -0.1) is 12.4 Å². The highest BCUT2D eigenvalue weighted by Crippen LogP contribution is 2.33. The molecule has 0 saturated carbocycles. The van der Waals surface area contributed by atoms with E-state index in [0.29, 0.717) is 43.5 Å². The number of halogens is 1. The minimum atomic E-state index is -0.698. The number of anilines is 1. The highest BCUT2D eigenvalue weighted by atomic mass is 35.5. The van der Waals surface area contributed by atoms with Crippen LogP contribution in [0.2, 0.25) is 0 Å². The van der Waals surface area contributed by atoms with Crippen LogP contribution in [-0.4, -0.2) is 76.1 Å². The van der Waals surface area contributed by atoms with Gasteiger partial charge in [0.1, 0.15) is 37.4 Å². The SMILES string of the molecule is CN1C(=O)[C@@H](N)COc2ccc(OCCOC(=O)N3CCOCC3)cc21.Cl. The maximum atomic E-state index is 12.1. The molecule has 2 amide bonds. The van der Waals surface area contributed by atoms with Crippen LogP contribution in [0.3, 0.4) is 0 Å². The summed E-state index contributed by atoms with van der Waals surface area (Å²) < 4.78 is 21.5. The van der Waals surface area contributed by atoms with E-state index in [2.05, 4.69) is 0 Å². The minimum absolute atomic E-state index is 0. The predicted octanol–water partition coefficient (Wildman–Crippen LogP) is 0.639. The zero-order chi connectivity index (χ0) is 18.5. The van der Waals surface area contributed by atoms with Crippen molar-refractivity contribution in [1.82, 2.24) is 4.90 Å². The normalized spacial score (nSPS) is 19.3. The standard InChI is InChI=1S/C17H23N3O6.ClH/c1-19-14-10-12(2-3-15(14)26-11-13(18)16(19)21)24-8-9-25-17(22)20-4-6-23-7-5-20;/h2-3,10,13H,4-9,11,18H2,1H3;1H/t13-;/m0./s1. The number of rotatable bonds is 4. The fourth-order valence-corrected chi connectivity index (χ4v) is 2.72. The zero-order valence-corrected chi connectivity index (χ0v) is 15.9. The lowest BCUT2D eigenvalue weighted by Crippen LogP contribution is -2.43. The number of morpholine rings is 1. The van der Waals surface area contributed by atoms with Crippen LogP contribution in [0.15, 0.2) is 18.2 Å². The lowest BCUT2D eigenvalue weighted by Gasteiger charge is -2.25. The molecule has 9 nitrogen and oxygen atoms in total. The summed E-state index contributed by atoms with van der Waals surface area (Å²) in [5.41, 5.74) is 6.36. The first-order valence-electron chi connectivity index (χ1n) is 8.48. The first-order valence-corrected chi connectivity index (χ1v) is 8.48. The Morgan fingerprint density at radius 1 is 1.30 bits per heavy atom. The van der Waals surface area contributed by atoms with Crippen LogP contribution in [-0.2, 0) is 14.3 Å². The number of benzene rings is 1. The molecule has 0 aliphatic carbocycles. The highest BCUT2D eigenvalue weighted by Gasteiger charge is 2.26. The molecule has 2 aliphatic rings. The summed E-state index contributed by atoms with van der Waals surface area (Å²) in [5.74, 6) is 0.894. The van der Waals surface area contributed by atoms with E-state index < -0.39 is 6.04 Å². The fourth-order valence-electron chi connectivity index (χ4n) is 2.72. The molecule has 1 atom stereocenters.